The number of ether oxygens (including phenoxy) is 3. The Morgan fingerprint density at radius 1 is 1.17 bits per heavy atom. The van der Waals surface area contributed by atoms with Crippen molar-refractivity contribution in [2.75, 3.05) is 19.7 Å². The quantitative estimate of drug-likeness (QED) is 0.427. The summed E-state index contributed by atoms with van der Waals surface area (Å²) in [6.45, 7) is 1.44. The molecule has 3 fully saturated rings. The smallest absolute Gasteiger partial charge is 0.421 e. The zero-order chi connectivity index (χ0) is 19.8. The van der Waals surface area contributed by atoms with Gasteiger partial charge in [0.2, 0.25) is 5.88 Å². The summed E-state index contributed by atoms with van der Waals surface area (Å²) in [6.07, 6.45) is 1.22. The monoisotopic (exact) mass is 411 g/mol. The molecule has 29 heavy (non-hydrogen) atoms. The Balaban J connectivity index is 1.28. The van der Waals surface area contributed by atoms with E-state index in [1.165, 1.54) is 0 Å². The summed E-state index contributed by atoms with van der Waals surface area (Å²) in [6, 6.07) is 9.70. The van der Waals surface area contributed by atoms with Crippen molar-refractivity contribution in [3.8, 4) is 17.7 Å². The van der Waals surface area contributed by atoms with E-state index in [0.717, 1.165) is 29.4 Å². The number of carbonyl (C=O) groups is 2. The van der Waals surface area contributed by atoms with Crippen molar-refractivity contribution < 1.29 is 23.8 Å². The van der Waals surface area contributed by atoms with Gasteiger partial charge in [0.25, 0.3) is 0 Å². The highest BCUT2D eigenvalue weighted by Crippen LogP contribution is 2.48. The minimum Gasteiger partial charge on any atom is -0.463 e. The highest BCUT2D eigenvalue weighted by molar-refractivity contribution is 6.99. The van der Waals surface area contributed by atoms with Gasteiger partial charge in [-0.1, -0.05) is 30.0 Å². The first-order valence-corrected chi connectivity index (χ1v) is 10.1. The highest BCUT2D eigenvalue weighted by atomic mass is 32.1. The van der Waals surface area contributed by atoms with Crippen LogP contribution in [-0.2, 0) is 19.1 Å². The van der Waals surface area contributed by atoms with Crippen LogP contribution in [0.1, 0.15) is 30.0 Å². The second-order valence-corrected chi connectivity index (χ2v) is 7.74. The third kappa shape index (κ3) is 3.24. The van der Waals surface area contributed by atoms with Crippen LogP contribution in [0, 0.1) is 17.8 Å². The fourth-order valence-electron chi connectivity index (χ4n) is 4.18. The molecule has 0 N–H and O–H groups in total. The number of hydrogen-bond acceptors (Lipinski definition) is 9. The molecular formula is C20H17N3O5S. The Morgan fingerprint density at radius 2 is 1.97 bits per heavy atom. The Kier molecular flexibility index (Phi) is 4.45. The number of nitrogens with zero attached hydrogens (tertiary/aromatic N) is 3. The van der Waals surface area contributed by atoms with E-state index in [-0.39, 0.29) is 12.5 Å². The molecule has 4 heterocycles. The topological polar surface area (TPSA) is 90.8 Å². The van der Waals surface area contributed by atoms with E-state index in [1.807, 2.05) is 35.2 Å². The van der Waals surface area contributed by atoms with Crippen LogP contribution in [0.3, 0.4) is 0 Å². The van der Waals surface area contributed by atoms with Crippen molar-refractivity contribution >= 4 is 23.7 Å². The molecule has 0 saturated carbocycles. The SMILES string of the molecule is O=C1OC2(CC[C@H]3CN2C[C@@H]3c2nsnc2OCC#Cc2ccccc2)OC1=O. The lowest BCUT2D eigenvalue weighted by molar-refractivity contribution is -0.257. The third-order valence-corrected chi connectivity index (χ3v) is 6.07. The summed E-state index contributed by atoms with van der Waals surface area (Å²) in [7, 11) is 0. The van der Waals surface area contributed by atoms with Crippen LogP contribution >= 0.6 is 11.7 Å². The number of hydrogen-bond donors (Lipinski definition) is 0. The highest BCUT2D eigenvalue weighted by Gasteiger charge is 2.59. The van der Waals surface area contributed by atoms with Crippen molar-refractivity contribution in [3.63, 3.8) is 0 Å². The van der Waals surface area contributed by atoms with Gasteiger partial charge in [0.05, 0.1) is 11.7 Å². The molecule has 1 aromatic carbocycles. The molecule has 3 aliphatic rings. The molecule has 1 unspecified atom stereocenters. The Morgan fingerprint density at radius 3 is 2.76 bits per heavy atom. The van der Waals surface area contributed by atoms with Gasteiger partial charge in [-0.05, 0) is 24.5 Å². The second-order valence-electron chi connectivity index (χ2n) is 7.21. The van der Waals surface area contributed by atoms with Gasteiger partial charge in [0, 0.05) is 31.0 Å². The van der Waals surface area contributed by atoms with E-state index in [4.69, 9.17) is 14.2 Å². The maximum Gasteiger partial charge on any atom is 0.421 e. The van der Waals surface area contributed by atoms with Crippen LogP contribution in [-0.4, -0.2) is 51.2 Å². The Bertz CT molecular complexity index is 996. The molecule has 3 atom stereocenters. The van der Waals surface area contributed by atoms with E-state index in [9.17, 15) is 9.59 Å². The number of fused-ring (bicyclic) bond motifs is 3. The molecule has 3 aliphatic heterocycles. The molecule has 1 aromatic heterocycles. The van der Waals surface area contributed by atoms with E-state index in [0.29, 0.717) is 31.3 Å². The van der Waals surface area contributed by atoms with Gasteiger partial charge in [-0.15, -0.1) is 4.37 Å². The van der Waals surface area contributed by atoms with Crippen LogP contribution in [0.25, 0.3) is 0 Å². The Hall–Kier alpha value is -2.96. The number of carbonyl (C=O) groups excluding carboxylic acids is 2. The fourth-order valence-corrected chi connectivity index (χ4v) is 4.74. The van der Waals surface area contributed by atoms with Gasteiger partial charge in [-0.2, -0.15) is 4.37 Å². The van der Waals surface area contributed by atoms with E-state index in [2.05, 4.69) is 20.6 Å². The van der Waals surface area contributed by atoms with Crippen molar-refractivity contribution in [1.29, 1.82) is 0 Å². The molecule has 3 saturated heterocycles. The molecule has 0 radical (unpaired) electrons. The van der Waals surface area contributed by atoms with Crippen molar-refractivity contribution in [3.05, 3.63) is 41.6 Å². The summed E-state index contributed by atoms with van der Waals surface area (Å²) >= 11 is 1.10. The molecular weight excluding hydrogens is 394 g/mol. The lowest BCUT2D eigenvalue weighted by Gasteiger charge is -2.37. The molecule has 9 heteroatoms. The van der Waals surface area contributed by atoms with Crippen LogP contribution in [0.5, 0.6) is 5.88 Å². The van der Waals surface area contributed by atoms with Gasteiger partial charge in [-0.25, -0.2) is 14.5 Å². The number of benzene rings is 1. The lowest BCUT2D eigenvalue weighted by Crippen LogP contribution is -2.51. The zero-order valence-electron chi connectivity index (χ0n) is 15.4. The van der Waals surface area contributed by atoms with Gasteiger partial charge >= 0.3 is 17.8 Å². The molecule has 148 valence electrons. The second kappa shape index (κ2) is 7.13. The predicted molar refractivity (Wildman–Crippen MR) is 101 cm³/mol. The first-order valence-electron chi connectivity index (χ1n) is 9.35. The summed E-state index contributed by atoms with van der Waals surface area (Å²) in [5.41, 5.74) is 1.72. The summed E-state index contributed by atoms with van der Waals surface area (Å²) in [5, 5.41) is 0. The number of rotatable bonds is 3. The number of piperidine rings is 1. The average molecular weight is 411 g/mol. The summed E-state index contributed by atoms with van der Waals surface area (Å²) in [5.74, 6) is 3.80. The average Bonchev–Trinajstić information content (AvgIpc) is 3.40. The first kappa shape index (κ1) is 18.1. The van der Waals surface area contributed by atoms with Crippen molar-refractivity contribution in [2.45, 2.75) is 24.7 Å². The molecule has 2 aromatic rings. The van der Waals surface area contributed by atoms with Crippen molar-refractivity contribution in [1.82, 2.24) is 13.6 Å². The maximum atomic E-state index is 11.6. The minimum atomic E-state index is -1.26. The van der Waals surface area contributed by atoms with E-state index < -0.39 is 17.8 Å². The minimum absolute atomic E-state index is 0.0724. The van der Waals surface area contributed by atoms with Crippen LogP contribution in [0.4, 0.5) is 0 Å². The fraction of sp³-hybridized carbons (Fsp3) is 0.400. The van der Waals surface area contributed by atoms with Crippen LogP contribution in [0.15, 0.2) is 30.3 Å². The van der Waals surface area contributed by atoms with E-state index in [1.54, 1.807) is 0 Å². The molecule has 8 nitrogen and oxygen atoms in total. The number of esters is 2. The molecule has 0 amide bonds. The van der Waals surface area contributed by atoms with Gasteiger partial charge < -0.3 is 14.2 Å². The normalized spacial score (nSPS) is 26.6. The van der Waals surface area contributed by atoms with Gasteiger partial charge in [0.1, 0.15) is 5.69 Å². The van der Waals surface area contributed by atoms with Gasteiger partial charge in [0.15, 0.2) is 6.61 Å². The molecule has 0 aliphatic carbocycles. The van der Waals surface area contributed by atoms with Crippen LogP contribution in [0.2, 0.25) is 0 Å². The van der Waals surface area contributed by atoms with Crippen molar-refractivity contribution in [2.24, 2.45) is 5.92 Å². The Labute approximate surface area is 171 Å². The molecule has 1 spiro atoms. The largest absolute Gasteiger partial charge is 0.463 e. The standard InChI is InChI=1S/C20H17N3O5S/c24-18-19(25)28-20(27-18)9-8-14-11-23(20)12-15(14)16-17(22-29-21-16)26-10-4-7-13-5-2-1-3-6-13/h1-3,5-6,14-15H,8-12H2/t14-,15-/m0/s1. The molecule has 2 bridgehead atoms. The van der Waals surface area contributed by atoms with E-state index >= 15 is 0 Å². The zero-order valence-corrected chi connectivity index (χ0v) is 16.2. The summed E-state index contributed by atoms with van der Waals surface area (Å²) in [4.78, 5) is 25.0. The van der Waals surface area contributed by atoms with Gasteiger partial charge in [-0.3, -0.25) is 0 Å². The predicted octanol–water partition coefficient (Wildman–Crippen LogP) is 1.53. The maximum absolute atomic E-state index is 11.6. The third-order valence-electron chi connectivity index (χ3n) is 5.55. The number of aromatic nitrogens is 2. The van der Waals surface area contributed by atoms with Crippen LogP contribution < -0.4 is 4.74 Å². The molecule has 5 rings (SSSR count). The lowest BCUT2D eigenvalue weighted by atomic mass is 9.88. The first-order chi connectivity index (χ1) is 14.1. The summed E-state index contributed by atoms with van der Waals surface area (Å²) < 4.78 is 25.1.